The molecule has 1 rings (SSSR count). The maximum Gasteiger partial charge on any atom is 0.297 e. The zero-order valence-corrected chi connectivity index (χ0v) is 12.4. The van der Waals surface area contributed by atoms with Crippen molar-refractivity contribution in [1.29, 1.82) is 0 Å². The molecule has 0 aromatic heterocycles. The summed E-state index contributed by atoms with van der Waals surface area (Å²) in [6.07, 6.45) is -0.521. The molecule has 1 N–H and O–H groups in total. The minimum Gasteiger partial charge on any atom is -0.394 e. The lowest BCUT2D eigenvalue weighted by molar-refractivity contribution is -0.139. The van der Waals surface area contributed by atoms with Gasteiger partial charge in [0.15, 0.2) is 6.29 Å². The van der Waals surface area contributed by atoms with Gasteiger partial charge in [0.05, 0.1) is 31.3 Å². The first-order chi connectivity index (χ1) is 9.45. The van der Waals surface area contributed by atoms with Crippen molar-refractivity contribution in [2.24, 2.45) is 0 Å². The van der Waals surface area contributed by atoms with Crippen molar-refractivity contribution >= 4 is 10.1 Å². The molecule has 0 aliphatic rings. The van der Waals surface area contributed by atoms with Crippen molar-refractivity contribution in [3.05, 3.63) is 29.8 Å². The number of hydrogen-bond donors (Lipinski definition) is 1. The van der Waals surface area contributed by atoms with E-state index < -0.39 is 16.4 Å². The van der Waals surface area contributed by atoms with Gasteiger partial charge in [0, 0.05) is 0 Å². The van der Waals surface area contributed by atoms with Crippen LogP contribution in [0.4, 0.5) is 0 Å². The van der Waals surface area contributed by atoms with Crippen LogP contribution in [0.2, 0.25) is 0 Å². The summed E-state index contributed by atoms with van der Waals surface area (Å²) in [5, 5.41) is 8.55. The molecule has 0 spiro atoms. The third-order valence-corrected chi connectivity index (χ3v) is 3.75. The average Bonchev–Trinajstić information content (AvgIpc) is 2.42. The zero-order valence-electron chi connectivity index (χ0n) is 11.6. The van der Waals surface area contributed by atoms with Crippen molar-refractivity contribution in [2.75, 3.05) is 26.4 Å². The van der Waals surface area contributed by atoms with Crippen molar-refractivity contribution in [2.45, 2.75) is 25.0 Å². The summed E-state index contributed by atoms with van der Waals surface area (Å²) in [6, 6.07) is 6.41. The summed E-state index contributed by atoms with van der Waals surface area (Å²) in [7, 11) is -3.75. The van der Waals surface area contributed by atoms with Gasteiger partial charge in [-0.05, 0) is 26.0 Å². The number of rotatable bonds is 9. The fourth-order valence-electron chi connectivity index (χ4n) is 1.40. The smallest absolute Gasteiger partial charge is 0.297 e. The number of hydrogen-bond acceptors (Lipinski definition) is 6. The highest BCUT2D eigenvalue weighted by atomic mass is 32.2. The predicted octanol–water partition coefficient (Wildman–Crippen LogP) is 1.07. The van der Waals surface area contributed by atoms with Crippen LogP contribution in [0.5, 0.6) is 0 Å². The summed E-state index contributed by atoms with van der Waals surface area (Å²) in [5.41, 5.74) is 0.974. The van der Waals surface area contributed by atoms with Crippen LogP contribution in [-0.2, 0) is 23.8 Å². The second-order valence-electron chi connectivity index (χ2n) is 4.12. The highest BCUT2D eigenvalue weighted by Gasteiger charge is 2.14. The quantitative estimate of drug-likeness (QED) is 0.417. The Morgan fingerprint density at radius 2 is 1.70 bits per heavy atom. The summed E-state index contributed by atoms with van der Waals surface area (Å²) in [6.45, 7) is 3.60. The molecule has 20 heavy (non-hydrogen) atoms. The van der Waals surface area contributed by atoms with E-state index in [1.165, 1.54) is 12.1 Å². The summed E-state index contributed by atoms with van der Waals surface area (Å²) in [5.74, 6) is 0. The Morgan fingerprint density at radius 3 is 2.30 bits per heavy atom. The van der Waals surface area contributed by atoms with Crippen LogP contribution >= 0.6 is 0 Å². The van der Waals surface area contributed by atoms with Gasteiger partial charge in [0.2, 0.25) is 0 Å². The first kappa shape index (κ1) is 17.1. The third-order valence-electron chi connectivity index (χ3n) is 2.43. The van der Waals surface area contributed by atoms with Crippen molar-refractivity contribution < 1.29 is 27.2 Å². The number of benzene rings is 1. The van der Waals surface area contributed by atoms with E-state index in [0.29, 0.717) is 0 Å². The number of aliphatic hydroxyl groups excluding tert-OH is 1. The Morgan fingerprint density at radius 1 is 1.10 bits per heavy atom. The topological polar surface area (TPSA) is 82.1 Å². The maximum atomic E-state index is 11.8. The molecule has 0 heterocycles. The minimum atomic E-state index is -3.75. The second kappa shape index (κ2) is 8.33. The van der Waals surface area contributed by atoms with E-state index in [4.69, 9.17) is 18.8 Å². The molecule has 0 radical (unpaired) electrons. The first-order valence-electron chi connectivity index (χ1n) is 6.26. The SMILES string of the molecule is Cc1ccc(S(=O)(=O)OCCOC(C)OCCO)cc1. The van der Waals surface area contributed by atoms with Crippen LogP contribution in [0, 0.1) is 6.92 Å². The molecule has 0 aliphatic carbocycles. The lowest BCUT2D eigenvalue weighted by atomic mass is 10.2. The first-order valence-corrected chi connectivity index (χ1v) is 7.66. The summed E-state index contributed by atoms with van der Waals surface area (Å²) in [4.78, 5) is 0.118. The monoisotopic (exact) mass is 304 g/mol. The molecule has 0 saturated carbocycles. The van der Waals surface area contributed by atoms with Crippen molar-refractivity contribution in [3.63, 3.8) is 0 Å². The molecular weight excluding hydrogens is 284 g/mol. The highest BCUT2D eigenvalue weighted by molar-refractivity contribution is 7.86. The van der Waals surface area contributed by atoms with E-state index in [-0.39, 0.29) is 31.3 Å². The van der Waals surface area contributed by atoms with Gasteiger partial charge in [-0.3, -0.25) is 4.18 Å². The normalized spacial score (nSPS) is 13.3. The van der Waals surface area contributed by atoms with E-state index in [1.54, 1.807) is 19.1 Å². The molecule has 0 bridgehead atoms. The molecule has 0 saturated heterocycles. The Kier molecular flexibility index (Phi) is 7.11. The van der Waals surface area contributed by atoms with Crippen molar-refractivity contribution in [1.82, 2.24) is 0 Å². The van der Waals surface area contributed by atoms with Gasteiger partial charge in [-0.25, -0.2) is 0 Å². The van der Waals surface area contributed by atoms with Gasteiger partial charge < -0.3 is 14.6 Å². The number of aliphatic hydroxyl groups is 1. The molecular formula is C13H20O6S. The van der Waals surface area contributed by atoms with Crippen LogP contribution < -0.4 is 0 Å². The lowest BCUT2D eigenvalue weighted by Crippen LogP contribution is -2.19. The molecule has 1 aromatic carbocycles. The van der Waals surface area contributed by atoms with E-state index in [2.05, 4.69) is 0 Å². The van der Waals surface area contributed by atoms with E-state index in [0.717, 1.165) is 5.56 Å². The minimum absolute atomic E-state index is 0.0810. The lowest BCUT2D eigenvalue weighted by Gasteiger charge is -2.13. The summed E-state index contributed by atoms with van der Waals surface area (Å²) >= 11 is 0. The largest absolute Gasteiger partial charge is 0.394 e. The van der Waals surface area contributed by atoms with Gasteiger partial charge in [-0.15, -0.1) is 0 Å². The molecule has 114 valence electrons. The van der Waals surface area contributed by atoms with Crippen LogP contribution in [0.1, 0.15) is 12.5 Å². The average molecular weight is 304 g/mol. The van der Waals surface area contributed by atoms with Gasteiger partial charge in [0.1, 0.15) is 0 Å². The molecule has 0 fully saturated rings. The van der Waals surface area contributed by atoms with E-state index in [9.17, 15) is 8.42 Å². The number of aryl methyl sites for hydroxylation is 1. The number of ether oxygens (including phenoxy) is 2. The fraction of sp³-hybridized carbons (Fsp3) is 0.538. The molecule has 0 amide bonds. The van der Waals surface area contributed by atoms with Gasteiger partial charge >= 0.3 is 0 Å². The predicted molar refractivity (Wildman–Crippen MR) is 72.8 cm³/mol. The van der Waals surface area contributed by atoms with Gasteiger partial charge in [-0.2, -0.15) is 8.42 Å². The Bertz CT molecular complexity index is 482. The van der Waals surface area contributed by atoms with Crippen LogP contribution in [0.3, 0.4) is 0 Å². The van der Waals surface area contributed by atoms with Crippen LogP contribution in [0.25, 0.3) is 0 Å². The standard InChI is InChI=1S/C13H20O6S/c1-11-3-5-13(6-4-11)20(15,16)19-10-9-18-12(2)17-8-7-14/h3-6,12,14H,7-10H2,1-2H3. The van der Waals surface area contributed by atoms with Crippen molar-refractivity contribution in [3.8, 4) is 0 Å². The molecule has 7 heteroatoms. The molecule has 0 aliphatic heterocycles. The molecule has 1 atom stereocenters. The summed E-state index contributed by atoms with van der Waals surface area (Å²) < 4.78 is 38.7. The second-order valence-corrected chi connectivity index (χ2v) is 5.74. The van der Waals surface area contributed by atoms with E-state index >= 15 is 0 Å². The molecule has 1 unspecified atom stereocenters. The Hall–Kier alpha value is -0.990. The van der Waals surface area contributed by atoms with E-state index in [1.807, 2.05) is 6.92 Å². The Balaban J connectivity index is 2.35. The van der Waals surface area contributed by atoms with Gasteiger partial charge in [0.25, 0.3) is 10.1 Å². The molecule has 1 aromatic rings. The van der Waals surface area contributed by atoms with Gasteiger partial charge in [-0.1, -0.05) is 17.7 Å². The Labute approximate surface area is 119 Å². The van der Waals surface area contributed by atoms with Crippen LogP contribution in [0.15, 0.2) is 29.2 Å². The zero-order chi connectivity index (χ0) is 15.0. The third kappa shape index (κ3) is 5.98. The maximum absolute atomic E-state index is 11.8. The van der Waals surface area contributed by atoms with Crippen LogP contribution in [-0.4, -0.2) is 46.2 Å². The fourth-order valence-corrected chi connectivity index (χ4v) is 2.29. The molecule has 6 nitrogen and oxygen atoms in total. The highest BCUT2D eigenvalue weighted by Crippen LogP contribution is 2.13.